The Bertz CT molecular complexity index is 999. The van der Waals surface area contributed by atoms with Crippen molar-refractivity contribution in [3.05, 3.63) is 51.9 Å². The van der Waals surface area contributed by atoms with Crippen LogP contribution in [0.1, 0.15) is 24.6 Å². The molecule has 0 saturated carbocycles. The van der Waals surface area contributed by atoms with Crippen molar-refractivity contribution in [1.29, 1.82) is 5.26 Å². The summed E-state index contributed by atoms with van der Waals surface area (Å²) in [6.07, 6.45) is 1.63. The number of aromatic nitrogens is 4. The monoisotopic (exact) mass is 353 g/mol. The van der Waals surface area contributed by atoms with E-state index in [1.807, 2.05) is 6.92 Å². The van der Waals surface area contributed by atoms with E-state index in [-0.39, 0.29) is 5.56 Å². The molecule has 2 aromatic heterocycles. The molecule has 0 spiro atoms. The number of methoxy groups -OCH3 is 1. The summed E-state index contributed by atoms with van der Waals surface area (Å²) < 4.78 is 13.9. The Morgan fingerprint density at radius 3 is 2.65 bits per heavy atom. The highest BCUT2D eigenvalue weighted by molar-refractivity contribution is 5.34. The van der Waals surface area contributed by atoms with Crippen LogP contribution in [0.4, 0.5) is 0 Å². The van der Waals surface area contributed by atoms with E-state index in [4.69, 9.17) is 14.7 Å². The van der Waals surface area contributed by atoms with Crippen LogP contribution in [0.3, 0.4) is 0 Å². The lowest BCUT2D eigenvalue weighted by molar-refractivity contribution is 0.266. The van der Waals surface area contributed by atoms with E-state index in [0.717, 1.165) is 18.5 Å². The summed E-state index contributed by atoms with van der Waals surface area (Å²) in [6, 6.07) is 10.7. The van der Waals surface area contributed by atoms with Gasteiger partial charge < -0.3 is 9.47 Å². The molecular formula is C18H19N5O3. The Balaban J connectivity index is 1.82. The van der Waals surface area contributed by atoms with Gasteiger partial charge in [-0.25, -0.2) is 9.67 Å². The van der Waals surface area contributed by atoms with Crippen LogP contribution >= 0.6 is 0 Å². The quantitative estimate of drug-likeness (QED) is 0.643. The maximum Gasteiger partial charge on any atom is 0.315 e. The van der Waals surface area contributed by atoms with Crippen LogP contribution in [0.25, 0.3) is 5.78 Å². The SMILES string of the molecule is CCCc1cc(=O)n2c(n1)nc(OC)n2CCOc1ccc(C#N)cc1. The highest BCUT2D eigenvalue weighted by Crippen LogP contribution is 2.13. The van der Waals surface area contributed by atoms with E-state index in [0.29, 0.717) is 36.3 Å². The highest BCUT2D eigenvalue weighted by atomic mass is 16.5. The van der Waals surface area contributed by atoms with Gasteiger partial charge >= 0.3 is 6.01 Å². The van der Waals surface area contributed by atoms with Crippen LogP contribution in [-0.2, 0) is 13.0 Å². The molecular weight excluding hydrogens is 334 g/mol. The van der Waals surface area contributed by atoms with Crippen LogP contribution < -0.4 is 15.0 Å². The molecule has 0 N–H and O–H groups in total. The summed E-state index contributed by atoms with van der Waals surface area (Å²) in [5.41, 5.74) is 1.09. The Morgan fingerprint density at radius 1 is 1.23 bits per heavy atom. The molecule has 0 atom stereocenters. The second-order valence-electron chi connectivity index (χ2n) is 5.65. The average Bonchev–Trinajstić information content (AvgIpc) is 3.01. The molecule has 2 heterocycles. The molecule has 0 aliphatic heterocycles. The summed E-state index contributed by atoms with van der Waals surface area (Å²) in [5, 5.41) is 8.81. The third-order valence-electron chi connectivity index (χ3n) is 3.83. The molecule has 8 nitrogen and oxygen atoms in total. The number of nitrogens with zero attached hydrogens (tertiary/aromatic N) is 5. The Hall–Kier alpha value is -3.34. The van der Waals surface area contributed by atoms with E-state index in [9.17, 15) is 4.79 Å². The predicted molar refractivity (Wildman–Crippen MR) is 94.4 cm³/mol. The van der Waals surface area contributed by atoms with Crippen LogP contribution in [-0.4, -0.2) is 32.9 Å². The zero-order chi connectivity index (χ0) is 18.5. The van der Waals surface area contributed by atoms with Gasteiger partial charge in [-0.15, -0.1) is 0 Å². The molecule has 0 bridgehead atoms. The summed E-state index contributed by atoms with van der Waals surface area (Å²) in [6.45, 7) is 2.69. The molecule has 134 valence electrons. The zero-order valence-corrected chi connectivity index (χ0v) is 14.7. The molecule has 0 fully saturated rings. The van der Waals surface area contributed by atoms with Gasteiger partial charge in [0.2, 0.25) is 0 Å². The Labute approximate surface area is 150 Å². The fourth-order valence-corrected chi connectivity index (χ4v) is 2.64. The number of fused-ring (bicyclic) bond motifs is 1. The lowest BCUT2D eigenvalue weighted by atomic mass is 10.2. The molecule has 0 saturated heterocycles. The maximum atomic E-state index is 12.5. The van der Waals surface area contributed by atoms with E-state index >= 15 is 0 Å². The van der Waals surface area contributed by atoms with Crippen molar-refractivity contribution in [3.8, 4) is 17.8 Å². The topological polar surface area (TPSA) is 94.4 Å². The molecule has 26 heavy (non-hydrogen) atoms. The standard InChI is InChI=1S/C18H19N5O3/c1-3-4-14-11-16(24)23-17(20-14)21-18(25-2)22(23)9-10-26-15-7-5-13(12-19)6-8-15/h5-8,11H,3-4,9-10H2,1-2H3. The molecule has 0 amide bonds. The highest BCUT2D eigenvalue weighted by Gasteiger charge is 2.14. The van der Waals surface area contributed by atoms with Gasteiger partial charge in [-0.2, -0.15) is 14.8 Å². The number of aryl methyl sites for hydroxylation is 1. The van der Waals surface area contributed by atoms with E-state index in [2.05, 4.69) is 16.0 Å². The van der Waals surface area contributed by atoms with Crippen molar-refractivity contribution in [1.82, 2.24) is 19.2 Å². The predicted octanol–water partition coefficient (Wildman–Crippen LogP) is 1.80. The van der Waals surface area contributed by atoms with Crippen LogP contribution in [0.2, 0.25) is 0 Å². The van der Waals surface area contributed by atoms with Crippen molar-refractivity contribution in [2.75, 3.05) is 13.7 Å². The molecule has 0 aliphatic carbocycles. The van der Waals surface area contributed by atoms with Gasteiger partial charge in [-0.1, -0.05) is 13.3 Å². The molecule has 8 heteroatoms. The Morgan fingerprint density at radius 2 is 2.00 bits per heavy atom. The average molecular weight is 353 g/mol. The second-order valence-corrected chi connectivity index (χ2v) is 5.65. The van der Waals surface area contributed by atoms with Gasteiger partial charge in [0.05, 0.1) is 31.0 Å². The lowest BCUT2D eigenvalue weighted by Gasteiger charge is -2.10. The van der Waals surface area contributed by atoms with Gasteiger partial charge in [-0.05, 0) is 30.7 Å². The van der Waals surface area contributed by atoms with Gasteiger partial charge in [0, 0.05) is 6.07 Å². The van der Waals surface area contributed by atoms with Crippen molar-refractivity contribution >= 4 is 5.78 Å². The van der Waals surface area contributed by atoms with Crippen LogP contribution in [0, 0.1) is 11.3 Å². The smallest absolute Gasteiger partial charge is 0.315 e. The summed E-state index contributed by atoms with van der Waals surface area (Å²) in [7, 11) is 1.50. The molecule has 0 radical (unpaired) electrons. The third-order valence-corrected chi connectivity index (χ3v) is 3.83. The normalized spacial score (nSPS) is 10.7. The molecule has 0 unspecified atom stereocenters. The first-order valence-electron chi connectivity index (χ1n) is 8.32. The van der Waals surface area contributed by atoms with Crippen LogP contribution in [0.5, 0.6) is 11.8 Å². The number of hydrogen-bond acceptors (Lipinski definition) is 6. The maximum absolute atomic E-state index is 12.5. The first-order chi connectivity index (χ1) is 12.7. The number of nitriles is 1. The van der Waals surface area contributed by atoms with Gasteiger partial charge in [0.1, 0.15) is 12.4 Å². The number of rotatable bonds is 7. The summed E-state index contributed by atoms with van der Waals surface area (Å²) in [5.74, 6) is 0.958. The summed E-state index contributed by atoms with van der Waals surface area (Å²) in [4.78, 5) is 21.2. The van der Waals surface area contributed by atoms with E-state index in [1.165, 1.54) is 17.7 Å². The van der Waals surface area contributed by atoms with E-state index < -0.39 is 0 Å². The minimum atomic E-state index is -0.201. The largest absolute Gasteiger partial charge is 0.492 e. The first kappa shape index (κ1) is 17.5. The fraction of sp³-hybridized carbons (Fsp3) is 0.333. The van der Waals surface area contributed by atoms with Gasteiger partial charge in [-0.3, -0.25) is 4.79 Å². The minimum absolute atomic E-state index is 0.201. The molecule has 3 rings (SSSR count). The fourth-order valence-electron chi connectivity index (χ4n) is 2.64. The first-order valence-corrected chi connectivity index (χ1v) is 8.32. The Kier molecular flexibility index (Phi) is 5.17. The second kappa shape index (κ2) is 7.70. The van der Waals surface area contributed by atoms with E-state index in [1.54, 1.807) is 28.9 Å². The van der Waals surface area contributed by atoms with Crippen molar-refractivity contribution in [2.45, 2.75) is 26.3 Å². The van der Waals surface area contributed by atoms with Crippen molar-refractivity contribution < 1.29 is 9.47 Å². The minimum Gasteiger partial charge on any atom is -0.492 e. The molecule has 3 aromatic rings. The van der Waals surface area contributed by atoms with Gasteiger partial charge in [0.25, 0.3) is 11.3 Å². The van der Waals surface area contributed by atoms with Crippen LogP contribution in [0.15, 0.2) is 35.1 Å². The molecule has 0 aliphatic rings. The lowest BCUT2D eigenvalue weighted by Crippen LogP contribution is -2.24. The number of hydrogen-bond donors (Lipinski definition) is 0. The summed E-state index contributed by atoms with van der Waals surface area (Å²) >= 11 is 0. The number of ether oxygens (including phenoxy) is 2. The molecule has 1 aromatic carbocycles. The van der Waals surface area contributed by atoms with Gasteiger partial charge in [0.15, 0.2) is 0 Å². The third kappa shape index (κ3) is 3.52. The van der Waals surface area contributed by atoms with Crippen molar-refractivity contribution in [2.24, 2.45) is 0 Å². The van der Waals surface area contributed by atoms with Crippen molar-refractivity contribution in [3.63, 3.8) is 0 Å². The zero-order valence-electron chi connectivity index (χ0n) is 14.7. The number of benzene rings is 1.